The van der Waals surface area contributed by atoms with E-state index in [1.165, 1.54) is 12.8 Å². The molecule has 0 unspecified atom stereocenters. The van der Waals surface area contributed by atoms with E-state index in [2.05, 4.69) is 33.4 Å². The molecule has 2 aliphatic rings. The molecule has 1 aliphatic carbocycles. The molecule has 6 heteroatoms. The number of nitrogens with one attached hydrogen (secondary N) is 1. The quantitative estimate of drug-likeness (QED) is 0.602. The normalized spacial score (nSPS) is 23.0. The lowest BCUT2D eigenvalue weighted by Crippen LogP contribution is -2.37. The molecule has 2 N–H and O–H groups in total. The Morgan fingerprint density at radius 2 is 1.96 bits per heavy atom. The average molecular weight is 438 g/mol. The number of aliphatic hydroxyl groups excluding tert-OH is 1. The molecule has 1 aromatic rings. The van der Waals surface area contributed by atoms with Gasteiger partial charge in [0.1, 0.15) is 0 Å². The second-order valence-corrected chi connectivity index (χ2v) is 8.14. The van der Waals surface area contributed by atoms with Crippen LogP contribution in [-0.2, 0) is 14.3 Å². The minimum atomic E-state index is -0.452. The predicted octanol–water partition coefficient (Wildman–Crippen LogP) is 4.01. The van der Waals surface area contributed by atoms with E-state index in [-0.39, 0.29) is 24.5 Å². The summed E-state index contributed by atoms with van der Waals surface area (Å²) in [7, 11) is 0. The summed E-state index contributed by atoms with van der Waals surface area (Å²) in [5, 5.41) is 12.0. The third kappa shape index (κ3) is 6.06. The van der Waals surface area contributed by atoms with Crippen LogP contribution in [0, 0.1) is 0 Å². The molecular formula is C21H28BrNO4. The zero-order valence-electron chi connectivity index (χ0n) is 15.5. The largest absolute Gasteiger partial charge is 0.459 e. The van der Waals surface area contributed by atoms with Crippen LogP contribution in [0.4, 0.5) is 0 Å². The van der Waals surface area contributed by atoms with Crippen LogP contribution >= 0.6 is 15.9 Å². The number of ether oxygens (including phenoxy) is 2. The van der Waals surface area contributed by atoms with Crippen molar-refractivity contribution in [1.82, 2.24) is 5.32 Å². The van der Waals surface area contributed by atoms with Crippen molar-refractivity contribution in [3.63, 3.8) is 0 Å². The fourth-order valence-electron chi connectivity index (χ4n) is 3.62. The Kier molecular flexibility index (Phi) is 7.73. The smallest absolute Gasteiger partial charge is 0.286 e. The number of hydrogen-bond donors (Lipinski definition) is 2. The van der Waals surface area contributed by atoms with E-state index in [0.29, 0.717) is 25.2 Å². The lowest BCUT2D eigenvalue weighted by Gasteiger charge is -2.30. The van der Waals surface area contributed by atoms with E-state index in [0.717, 1.165) is 29.3 Å². The van der Waals surface area contributed by atoms with Gasteiger partial charge in [-0.1, -0.05) is 40.9 Å². The van der Waals surface area contributed by atoms with Gasteiger partial charge in [0.25, 0.3) is 5.91 Å². The number of carbonyl (C=O) groups is 1. The van der Waals surface area contributed by atoms with Crippen molar-refractivity contribution in [1.29, 1.82) is 0 Å². The van der Waals surface area contributed by atoms with Crippen molar-refractivity contribution < 1.29 is 19.4 Å². The number of aliphatic hydroxyl groups is 1. The summed E-state index contributed by atoms with van der Waals surface area (Å²) < 4.78 is 12.7. The molecule has 0 radical (unpaired) electrons. The molecule has 1 saturated carbocycles. The van der Waals surface area contributed by atoms with Crippen LogP contribution in [0.3, 0.4) is 0 Å². The molecule has 148 valence electrons. The Bertz CT molecular complexity index is 640. The van der Waals surface area contributed by atoms with Crippen LogP contribution < -0.4 is 5.32 Å². The zero-order valence-corrected chi connectivity index (χ0v) is 17.1. The molecule has 0 aromatic heterocycles. The minimum absolute atomic E-state index is 0.0685. The fourth-order valence-corrected chi connectivity index (χ4v) is 3.88. The molecule has 0 saturated heterocycles. The highest BCUT2D eigenvalue weighted by Crippen LogP contribution is 2.32. The van der Waals surface area contributed by atoms with Gasteiger partial charge in [0.05, 0.1) is 6.61 Å². The number of allylic oxidation sites excluding steroid dienone is 1. The maximum absolute atomic E-state index is 12.7. The first-order valence-corrected chi connectivity index (χ1v) is 10.6. The number of halogens is 1. The van der Waals surface area contributed by atoms with Crippen LogP contribution in [0.1, 0.15) is 56.4 Å². The maximum Gasteiger partial charge on any atom is 0.286 e. The molecule has 1 heterocycles. The van der Waals surface area contributed by atoms with E-state index < -0.39 is 6.29 Å². The highest BCUT2D eigenvalue weighted by atomic mass is 79.9. The van der Waals surface area contributed by atoms with Gasteiger partial charge in [0.15, 0.2) is 5.76 Å². The molecule has 27 heavy (non-hydrogen) atoms. The Balaban J connectivity index is 1.69. The number of amides is 1. The fraction of sp³-hybridized carbons (Fsp3) is 0.571. The van der Waals surface area contributed by atoms with E-state index in [1.807, 2.05) is 18.2 Å². The van der Waals surface area contributed by atoms with Crippen LogP contribution in [0.25, 0.3) is 0 Å². The molecule has 3 rings (SSSR count). The first kappa shape index (κ1) is 20.4. The third-order valence-electron chi connectivity index (χ3n) is 5.13. The minimum Gasteiger partial charge on any atom is -0.459 e. The third-order valence-corrected chi connectivity index (χ3v) is 5.65. The monoisotopic (exact) mass is 437 g/mol. The summed E-state index contributed by atoms with van der Waals surface area (Å²) in [5.41, 5.74) is 1.14. The first-order chi connectivity index (χ1) is 13.2. The molecule has 1 aliphatic heterocycles. The van der Waals surface area contributed by atoms with Gasteiger partial charge in [-0.3, -0.25) is 4.79 Å². The Morgan fingerprint density at radius 1 is 1.22 bits per heavy atom. The SMILES string of the molecule is O=C(NC1CCCC1)C1=C[C@H](c2ccc(Br)cc2)C[C@H](OCCCCO)O1. The van der Waals surface area contributed by atoms with Gasteiger partial charge in [-0.25, -0.2) is 0 Å². The van der Waals surface area contributed by atoms with Gasteiger partial charge in [-0.05, 0) is 49.5 Å². The maximum atomic E-state index is 12.7. The molecule has 5 nitrogen and oxygen atoms in total. The van der Waals surface area contributed by atoms with Crippen LogP contribution in [0.5, 0.6) is 0 Å². The van der Waals surface area contributed by atoms with Crippen molar-refractivity contribution in [3.05, 3.63) is 46.1 Å². The van der Waals surface area contributed by atoms with Crippen molar-refractivity contribution in [3.8, 4) is 0 Å². The molecule has 0 bridgehead atoms. The average Bonchev–Trinajstić information content (AvgIpc) is 3.18. The van der Waals surface area contributed by atoms with Crippen molar-refractivity contribution in [2.24, 2.45) is 0 Å². The van der Waals surface area contributed by atoms with E-state index in [1.54, 1.807) is 0 Å². The van der Waals surface area contributed by atoms with Gasteiger partial charge in [0.2, 0.25) is 6.29 Å². The first-order valence-electron chi connectivity index (χ1n) is 9.83. The summed E-state index contributed by atoms with van der Waals surface area (Å²) in [6.45, 7) is 0.668. The topological polar surface area (TPSA) is 67.8 Å². The summed E-state index contributed by atoms with van der Waals surface area (Å²) in [5.74, 6) is 0.278. The second kappa shape index (κ2) is 10.2. The summed E-state index contributed by atoms with van der Waals surface area (Å²) in [4.78, 5) is 12.7. The van der Waals surface area contributed by atoms with Gasteiger partial charge in [-0.15, -0.1) is 0 Å². The van der Waals surface area contributed by atoms with Crippen molar-refractivity contribution in [2.45, 2.75) is 63.2 Å². The number of unbranched alkanes of at least 4 members (excludes halogenated alkanes) is 1. The van der Waals surface area contributed by atoms with Crippen LogP contribution in [-0.4, -0.2) is 36.6 Å². The van der Waals surface area contributed by atoms with Crippen molar-refractivity contribution >= 4 is 21.8 Å². The zero-order chi connectivity index (χ0) is 19.1. The highest BCUT2D eigenvalue weighted by molar-refractivity contribution is 9.10. The molecular weight excluding hydrogens is 410 g/mol. The van der Waals surface area contributed by atoms with Gasteiger partial charge >= 0.3 is 0 Å². The molecule has 1 amide bonds. The molecule has 0 spiro atoms. The highest BCUT2D eigenvalue weighted by Gasteiger charge is 2.30. The van der Waals surface area contributed by atoms with Crippen LogP contribution in [0.2, 0.25) is 0 Å². The Labute approximate surface area is 169 Å². The second-order valence-electron chi connectivity index (χ2n) is 7.23. The van der Waals surface area contributed by atoms with E-state index in [4.69, 9.17) is 14.6 Å². The lowest BCUT2D eigenvalue weighted by atomic mass is 9.93. The van der Waals surface area contributed by atoms with Gasteiger partial charge < -0.3 is 19.9 Å². The molecule has 1 aromatic carbocycles. The number of hydrogen-bond acceptors (Lipinski definition) is 4. The van der Waals surface area contributed by atoms with Gasteiger partial charge in [0, 0.05) is 29.5 Å². The van der Waals surface area contributed by atoms with Crippen molar-refractivity contribution in [2.75, 3.05) is 13.2 Å². The molecule has 1 fully saturated rings. The number of rotatable bonds is 8. The summed E-state index contributed by atoms with van der Waals surface area (Å²) >= 11 is 3.46. The predicted molar refractivity (Wildman–Crippen MR) is 107 cm³/mol. The summed E-state index contributed by atoms with van der Waals surface area (Å²) in [6, 6.07) is 8.39. The van der Waals surface area contributed by atoms with E-state index in [9.17, 15) is 4.79 Å². The standard InChI is InChI=1S/C21H28BrNO4/c22-17-9-7-15(8-10-17)16-13-19(21(25)23-18-5-1-2-6-18)27-20(14-16)26-12-4-3-11-24/h7-10,13,16,18,20,24H,1-6,11-12,14H2,(H,23,25)/t16-,20+/m0/s1. The van der Waals surface area contributed by atoms with E-state index >= 15 is 0 Å². The van der Waals surface area contributed by atoms with Crippen LogP contribution in [0.15, 0.2) is 40.6 Å². The number of benzene rings is 1. The Morgan fingerprint density at radius 3 is 2.67 bits per heavy atom. The Hall–Kier alpha value is -1.37. The molecule has 2 atom stereocenters. The number of carbonyl (C=O) groups excluding carboxylic acids is 1. The summed E-state index contributed by atoms with van der Waals surface area (Å²) in [6.07, 6.45) is 8.02. The lowest BCUT2D eigenvalue weighted by molar-refractivity contribution is -0.146. The van der Waals surface area contributed by atoms with Gasteiger partial charge in [-0.2, -0.15) is 0 Å².